The van der Waals surface area contributed by atoms with Crippen molar-refractivity contribution in [3.8, 4) is 34.0 Å². The summed E-state index contributed by atoms with van der Waals surface area (Å²) in [6, 6.07) is 22.0. The molecule has 1 aromatic heterocycles. The Morgan fingerprint density at radius 1 is 0.923 bits per heavy atom. The Morgan fingerprint density at radius 2 is 1.59 bits per heavy atom. The highest BCUT2D eigenvalue weighted by Crippen LogP contribution is 2.37. The zero-order valence-corrected chi connectivity index (χ0v) is 21.1. The normalized spacial score (nSPS) is 15.2. The third-order valence-electron chi connectivity index (χ3n) is 7.44. The minimum Gasteiger partial charge on any atom is -0.480 e. The summed E-state index contributed by atoms with van der Waals surface area (Å²) in [5.74, 6) is -2.23. The van der Waals surface area contributed by atoms with Crippen molar-refractivity contribution in [2.75, 3.05) is 6.54 Å². The van der Waals surface area contributed by atoms with Gasteiger partial charge in [-0.05, 0) is 61.9 Å². The van der Waals surface area contributed by atoms with Crippen molar-refractivity contribution in [1.29, 1.82) is 0 Å². The van der Waals surface area contributed by atoms with Crippen LogP contribution in [0.2, 0.25) is 0 Å². The molecule has 1 aliphatic rings. The second kappa shape index (κ2) is 11.2. The Labute approximate surface area is 224 Å². The first kappa shape index (κ1) is 26.2. The Balaban J connectivity index is 1.16. The van der Waals surface area contributed by atoms with Gasteiger partial charge in [0.15, 0.2) is 5.41 Å². The van der Waals surface area contributed by atoms with E-state index in [2.05, 4.69) is 15.5 Å². The van der Waals surface area contributed by atoms with Gasteiger partial charge in [0.05, 0.1) is 0 Å². The maximum absolute atomic E-state index is 14.8. The molecule has 200 valence electrons. The van der Waals surface area contributed by atoms with Crippen molar-refractivity contribution in [3.05, 3.63) is 84.2 Å². The highest BCUT2D eigenvalue weighted by atomic mass is 19.1. The van der Waals surface area contributed by atoms with Crippen molar-refractivity contribution < 1.29 is 28.7 Å². The van der Waals surface area contributed by atoms with E-state index in [-0.39, 0.29) is 30.6 Å². The van der Waals surface area contributed by atoms with Gasteiger partial charge in [0, 0.05) is 22.7 Å². The molecule has 1 aliphatic carbocycles. The molecule has 9 heteroatoms. The van der Waals surface area contributed by atoms with Crippen LogP contribution in [0.3, 0.4) is 0 Å². The highest BCUT2D eigenvalue weighted by Gasteiger charge is 2.48. The van der Waals surface area contributed by atoms with Crippen LogP contribution < -0.4 is 5.32 Å². The molecule has 5 rings (SSSR count). The van der Waals surface area contributed by atoms with E-state index in [1.54, 1.807) is 12.1 Å². The molecule has 0 atom stereocenters. The first-order valence-corrected chi connectivity index (χ1v) is 12.8. The Hall–Kier alpha value is -4.37. The number of halogens is 1. The van der Waals surface area contributed by atoms with E-state index in [0.29, 0.717) is 36.3 Å². The fourth-order valence-electron chi connectivity index (χ4n) is 5.03. The molecule has 1 saturated carbocycles. The first-order valence-electron chi connectivity index (χ1n) is 12.8. The first-order chi connectivity index (χ1) is 18.9. The lowest BCUT2D eigenvalue weighted by Gasteiger charge is -2.33. The summed E-state index contributed by atoms with van der Waals surface area (Å²) in [5.41, 5.74) is 1.99. The van der Waals surface area contributed by atoms with Gasteiger partial charge in [0.1, 0.15) is 5.82 Å². The molecule has 0 unspecified atom stereocenters. The minimum atomic E-state index is -1.66. The maximum atomic E-state index is 14.8. The zero-order chi connectivity index (χ0) is 27.4. The second-order valence-corrected chi connectivity index (χ2v) is 9.85. The van der Waals surface area contributed by atoms with Gasteiger partial charge in [-0.15, -0.1) is 0 Å². The third-order valence-corrected chi connectivity index (χ3v) is 7.44. The molecule has 3 N–H and O–H groups in total. The molecule has 0 bridgehead atoms. The van der Waals surface area contributed by atoms with Crippen LogP contribution in [0.5, 0.6) is 0 Å². The van der Waals surface area contributed by atoms with E-state index < -0.39 is 17.4 Å². The number of benzene rings is 3. The van der Waals surface area contributed by atoms with Crippen molar-refractivity contribution in [2.45, 2.75) is 38.1 Å². The molecule has 0 radical (unpaired) electrons. The van der Waals surface area contributed by atoms with Crippen molar-refractivity contribution in [3.63, 3.8) is 0 Å². The number of carbonyl (C=O) groups is 2. The lowest BCUT2D eigenvalue weighted by molar-refractivity contribution is -0.167. The van der Waals surface area contributed by atoms with Gasteiger partial charge in [0.25, 0.3) is 5.89 Å². The van der Waals surface area contributed by atoms with Gasteiger partial charge in [-0.25, -0.2) is 4.39 Å². The minimum absolute atomic E-state index is 0.0976. The average molecular weight is 530 g/mol. The topological polar surface area (TPSA) is 126 Å². The van der Waals surface area contributed by atoms with Gasteiger partial charge in [-0.1, -0.05) is 65.8 Å². The molecule has 39 heavy (non-hydrogen) atoms. The van der Waals surface area contributed by atoms with Crippen LogP contribution >= 0.6 is 0 Å². The average Bonchev–Trinajstić information content (AvgIpc) is 3.44. The standard InChI is InChI=1S/C30H28FN3O5/c31-25-18-22(10-11-24(25)20-4-2-1-3-5-20)27-33-26(34-39-27)21-8-6-19(7-9-21)14-17-32-23-12-15-30(16-13-23,28(35)36)29(37)38/h1-11,18,23,32H,12-17H2,(H,35,36)(H,37,38). The Bertz CT molecular complexity index is 1450. The number of rotatable bonds is 9. The monoisotopic (exact) mass is 529 g/mol. The predicted molar refractivity (Wildman–Crippen MR) is 142 cm³/mol. The fourth-order valence-corrected chi connectivity index (χ4v) is 5.03. The molecule has 1 heterocycles. The van der Waals surface area contributed by atoms with E-state index in [4.69, 9.17) is 4.52 Å². The Morgan fingerprint density at radius 3 is 2.23 bits per heavy atom. The van der Waals surface area contributed by atoms with E-state index in [0.717, 1.165) is 23.1 Å². The van der Waals surface area contributed by atoms with Crippen LogP contribution in [0.1, 0.15) is 31.2 Å². The van der Waals surface area contributed by atoms with Gasteiger partial charge < -0.3 is 20.1 Å². The number of hydrogen-bond donors (Lipinski definition) is 3. The largest absolute Gasteiger partial charge is 0.480 e. The summed E-state index contributed by atoms with van der Waals surface area (Å²) < 4.78 is 20.2. The van der Waals surface area contributed by atoms with Gasteiger partial charge in [-0.3, -0.25) is 9.59 Å². The number of aliphatic carboxylic acids is 2. The predicted octanol–water partition coefficient (Wildman–Crippen LogP) is 5.44. The fraction of sp³-hybridized carbons (Fsp3) is 0.267. The number of carboxylic acid groups (broad SMARTS) is 2. The van der Waals surface area contributed by atoms with E-state index in [9.17, 15) is 24.2 Å². The van der Waals surface area contributed by atoms with Gasteiger partial charge in [-0.2, -0.15) is 4.98 Å². The number of nitrogens with one attached hydrogen (secondary N) is 1. The molecule has 4 aromatic rings. The molecule has 0 aliphatic heterocycles. The molecule has 3 aromatic carbocycles. The highest BCUT2D eigenvalue weighted by molar-refractivity contribution is 5.98. The molecule has 1 fully saturated rings. The summed E-state index contributed by atoms with van der Waals surface area (Å²) in [6.07, 6.45) is 2.03. The quantitative estimate of drug-likeness (QED) is 0.245. The van der Waals surface area contributed by atoms with E-state index >= 15 is 0 Å². The maximum Gasteiger partial charge on any atom is 0.321 e. The lowest BCUT2D eigenvalue weighted by Crippen LogP contribution is -2.46. The molecule has 8 nitrogen and oxygen atoms in total. The summed E-state index contributed by atoms with van der Waals surface area (Å²) in [7, 11) is 0. The van der Waals surface area contributed by atoms with Gasteiger partial charge >= 0.3 is 11.9 Å². The van der Waals surface area contributed by atoms with Crippen LogP contribution in [0.25, 0.3) is 34.0 Å². The van der Waals surface area contributed by atoms with Crippen molar-refractivity contribution >= 4 is 11.9 Å². The molecule has 0 spiro atoms. The summed E-state index contributed by atoms with van der Waals surface area (Å²) in [4.78, 5) is 27.4. The van der Waals surface area contributed by atoms with Crippen molar-refractivity contribution in [2.24, 2.45) is 5.41 Å². The van der Waals surface area contributed by atoms with Crippen LogP contribution in [0.4, 0.5) is 4.39 Å². The van der Waals surface area contributed by atoms with E-state index in [1.807, 2.05) is 54.6 Å². The molecular weight excluding hydrogens is 501 g/mol. The van der Waals surface area contributed by atoms with Crippen LogP contribution in [0.15, 0.2) is 77.3 Å². The van der Waals surface area contributed by atoms with Crippen molar-refractivity contribution in [1.82, 2.24) is 15.5 Å². The molecular formula is C30H28FN3O5. The number of carboxylic acids is 2. The van der Waals surface area contributed by atoms with E-state index in [1.165, 1.54) is 6.07 Å². The number of nitrogens with zero attached hydrogens (tertiary/aromatic N) is 2. The summed E-state index contributed by atoms with van der Waals surface area (Å²) in [6.45, 7) is 0.689. The number of aromatic nitrogens is 2. The molecule has 0 saturated heterocycles. The third kappa shape index (κ3) is 5.58. The summed E-state index contributed by atoms with van der Waals surface area (Å²) >= 11 is 0. The molecule has 0 amide bonds. The SMILES string of the molecule is O=C(O)C1(C(=O)O)CCC(NCCc2ccc(-c3noc(-c4ccc(-c5ccccc5)c(F)c4)n3)cc2)CC1. The summed E-state index contributed by atoms with van der Waals surface area (Å²) in [5, 5.41) is 26.2. The second-order valence-electron chi connectivity index (χ2n) is 9.85. The smallest absolute Gasteiger partial charge is 0.321 e. The lowest BCUT2D eigenvalue weighted by atomic mass is 9.72. The van der Waals surface area contributed by atoms with Gasteiger partial charge in [0.2, 0.25) is 5.82 Å². The zero-order valence-electron chi connectivity index (χ0n) is 21.1. The van der Waals surface area contributed by atoms with Crippen LogP contribution in [-0.4, -0.2) is 44.9 Å². The Kier molecular flexibility index (Phi) is 7.51. The van der Waals surface area contributed by atoms with Crippen LogP contribution in [0, 0.1) is 11.2 Å². The van der Waals surface area contributed by atoms with Crippen LogP contribution in [-0.2, 0) is 16.0 Å². The number of hydrogen-bond acceptors (Lipinski definition) is 6.